The van der Waals surface area contributed by atoms with Crippen molar-refractivity contribution in [3.63, 3.8) is 0 Å². The number of likely N-dealkylation sites (tertiary alicyclic amines) is 1. The highest BCUT2D eigenvalue weighted by atomic mass is 35.5. The lowest BCUT2D eigenvalue weighted by molar-refractivity contribution is -0.909. The Bertz CT molecular complexity index is 902. The Kier molecular flexibility index (Phi) is 6.81. The number of sulfone groups is 1. The van der Waals surface area contributed by atoms with Crippen LogP contribution in [0.5, 0.6) is 0 Å². The van der Waals surface area contributed by atoms with Crippen molar-refractivity contribution in [1.29, 1.82) is 0 Å². The molecular weight excluding hydrogens is 447 g/mol. The van der Waals surface area contributed by atoms with E-state index in [0.717, 1.165) is 5.56 Å². The van der Waals surface area contributed by atoms with Crippen molar-refractivity contribution in [2.24, 2.45) is 0 Å². The van der Waals surface area contributed by atoms with E-state index in [2.05, 4.69) is 4.90 Å². The molecule has 1 aromatic rings. The van der Waals surface area contributed by atoms with Gasteiger partial charge in [-0.3, -0.25) is 9.38 Å². The first-order chi connectivity index (χ1) is 13.8. The van der Waals surface area contributed by atoms with Gasteiger partial charge in [0.25, 0.3) is 6.09 Å². The summed E-state index contributed by atoms with van der Waals surface area (Å²) in [4.78, 5) is 14.5. The topological polar surface area (TPSA) is 77.5 Å². The van der Waals surface area contributed by atoms with Crippen LogP contribution in [0.15, 0.2) is 18.2 Å². The molecule has 2 fully saturated rings. The minimum absolute atomic E-state index is 0.000302. The van der Waals surface area contributed by atoms with Crippen molar-refractivity contribution in [1.82, 2.24) is 4.90 Å². The largest absolute Gasteiger partial charge is 0.498 e. The molecule has 2 atom stereocenters. The lowest BCUT2D eigenvalue weighted by Crippen LogP contribution is -2.67. The Morgan fingerprint density at radius 3 is 2.30 bits per heavy atom. The number of hydrogen-bond donors (Lipinski definition) is 0. The summed E-state index contributed by atoms with van der Waals surface area (Å²) in [6, 6.07) is 5.44. The van der Waals surface area contributed by atoms with Crippen LogP contribution in [0.3, 0.4) is 0 Å². The van der Waals surface area contributed by atoms with Crippen LogP contribution in [0, 0.1) is 0 Å². The van der Waals surface area contributed by atoms with E-state index in [4.69, 9.17) is 23.2 Å². The molecule has 0 spiro atoms. The van der Waals surface area contributed by atoms with E-state index < -0.39 is 21.5 Å². The quantitative estimate of drug-likeness (QED) is 0.623. The second kappa shape index (κ2) is 8.58. The first-order valence-corrected chi connectivity index (χ1v) is 12.9. The van der Waals surface area contributed by atoms with Gasteiger partial charge in [-0.05, 0) is 51.3 Å². The predicted octanol–water partition coefficient (Wildman–Crippen LogP) is 3.10. The van der Waals surface area contributed by atoms with Crippen LogP contribution in [0.2, 0.25) is 10.0 Å². The number of quaternary nitrogens is 1. The van der Waals surface area contributed by atoms with Crippen LogP contribution >= 0.6 is 23.2 Å². The molecule has 0 saturated carbocycles. The number of carboxylic acid groups (broad SMARTS) is 1. The second-order valence-electron chi connectivity index (χ2n) is 9.54. The maximum Gasteiger partial charge on any atom is 0.257 e. The van der Waals surface area contributed by atoms with Crippen LogP contribution in [0.1, 0.15) is 45.6 Å². The number of carbonyl (C=O) groups is 1. The normalized spacial score (nSPS) is 27.5. The number of amides is 1. The van der Waals surface area contributed by atoms with Crippen molar-refractivity contribution in [3.05, 3.63) is 33.8 Å². The number of rotatable bonds is 4. The molecule has 6 nitrogen and oxygen atoms in total. The first-order valence-electron chi connectivity index (χ1n) is 10.3. The van der Waals surface area contributed by atoms with Gasteiger partial charge in [0, 0.05) is 29.1 Å². The van der Waals surface area contributed by atoms with Crippen molar-refractivity contribution in [2.45, 2.75) is 64.2 Å². The predicted molar refractivity (Wildman–Crippen MR) is 117 cm³/mol. The fourth-order valence-corrected chi connectivity index (χ4v) is 6.78. The van der Waals surface area contributed by atoms with Gasteiger partial charge in [0.15, 0.2) is 0 Å². The standard InChI is InChI=1S/C21H30Cl2N2O4S/c1-21(2,3)25(20(26)27)9-6-18(14-25)24(17-7-10-30(28,29)11-8-17)13-15-4-5-16(22)12-19(15)23/h4-5,12,17-18H,6-11,13-14H2,1-3H3/t18-,25?/m0/s1. The van der Waals surface area contributed by atoms with Gasteiger partial charge < -0.3 is 9.90 Å². The number of halogens is 2. The van der Waals surface area contributed by atoms with E-state index in [1.54, 1.807) is 12.1 Å². The van der Waals surface area contributed by atoms with E-state index in [1.807, 2.05) is 26.8 Å². The average molecular weight is 477 g/mol. The highest BCUT2D eigenvalue weighted by Gasteiger charge is 2.51. The number of hydrogen-bond acceptors (Lipinski definition) is 5. The summed E-state index contributed by atoms with van der Waals surface area (Å²) < 4.78 is 23.8. The Hall–Kier alpha value is -0.860. The number of carbonyl (C=O) groups excluding carboxylic acids is 1. The Morgan fingerprint density at radius 2 is 1.80 bits per heavy atom. The third-order valence-corrected chi connectivity index (χ3v) is 9.13. The van der Waals surface area contributed by atoms with E-state index in [0.29, 0.717) is 48.9 Å². The number of nitrogens with zero attached hydrogens (tertiary/aromatic N) is 2. The second-order valence-corrected chi connectivity index (χ2v) is 12.7. The molecule has 1 amide bonds. The van der Waals surface area contributed by atoms with Crippen molar-refractivity contribution in [2.75, 3.05) is 24.6 Å². The Morgan fingerprint density at radius 1 is 1.17 bits per heavy atom. The van der Waals surface area contributed by atoms with Gasteiger partial charge in [0.1, 0.15) is 16.4 Å². The van der Waals surface area contributed by atoms with Gasteiger partial charge in [-0.1, -0.05) is 29.3 Å². The van der Waals surface area contributed by atoms with E-state index in [1.165, 1.54) is 0 Å². The minimum Gasteiger partial charge on any atom is -0.498 e. The van der Waals surface area contributed by atoms with Crippen LogP contribution in [-0.2, 0) is 16.4 Å². The fourth-order valence-electron chi connectivity index (χ4n) is 4.84. The average Bonchev–Trinajstić information content (AvgIpc) is 3.08. The molecule has 30 heavy (non-hydrogen) atoms. The Balaban J connectivity index is 1.91. The molecule has 3 rings (SSSR count). The zero-order valence-electron chi connectivity index (χ0n) is 17.7. The van der Waals surface area contributed by atoms with Crippen LogP contribution in [0.4, 0.5) is 4.79 Å². The summed E-state index contributed by atoms with van der Waals surface area (Å²) in [5, 5.41) is 13.3. The summed E-state index contributed by atoms with van der Waals surface area (Å²) in [6.07, 6.45) is 0.746. The molecule has 0 bridgehead atoms. The number of benzene rings is 1. The van der Waals surface area contributed by atoms with Crippen LogP contribution in [0.25, 0.3) is 0 Å². The van der Waals surface area contributed by atoms with E-state index >= 15 is 0 Å². The fraction of sp³-hybridized carbons (Fsp3) is 0.667. The summed E-state index contributed by atoms with van der Waals surface area (Å²) in [6.45, 7) is 7.24. The third-order valence-electron chi connectivity index (χ3n) is 6.83. The molecule has 0 aromatic heterocycles. The van der Waals surface area contributed by atoms with Gasteiger partial charge >= 0.3 is 0 Å². The lowest BCUT2D eigenvalue weighted by atomic mass is 10.0. The van der Waals surface area contributed by atoms with Gasteiger partial charge in [-0.2, -0.15) is 0 Å². The maximum absolute atomic E-state index is 12.2. The molecule has 1 unspecified atom stereocenters. The molecule has 168 valence electrons. The summed E-state index contributed by atoms with van der Waals surface area (Å²) in [5.74, 6) is 0.323. The molecule has 2 heterocycles. The molecule has 0 N–H and O–H groups in total. The molecule has 2 aliphatic rings. The lowest BCUT2D eigenvalue weighted by Gasteiger charge is -2.46. The molecule has 0 radical (unpaired) electrons. The molecule has 2 saturated heterocycles. The molecule has 1 aromatic carbocycles. The summed E-state index contributed by atoms with van der Waals surface area (Å²) in [7, 11) is -3.00. The first kappa shape index (κ1) is 23.8. The maximum atomic E-state index is 12.2. The van der Waals surface area contributed by atoms with E-state index in [-0.39, 0.29) is 28.1 Å². The van der Waals surface area contributed by atoms with Gasteiger partial charge in [-0.25, -0.2) is 8.42 Å². The van der Waals surface area contributed by atoms with Gasteiger partial charge in [0.05, 0.1) is 29.6 Å². The summed E-state index contributed by atoms with van der Waals surface area (Å²) in [5.41, 5.74) is 0.413. The monoisotopic (exact) mass is 476 g/mol. The zero-order chi connectivity index (χ0) is 22.3. The van der Waals surface area contributed by atoms with Crippen LogP contribution < -0.4 is 5.11 Å². The van der Waals surface area contributed by atoms with Crippen molar-refractivity contribution in [3.8, 4) is 0 Å². The molecule has 9 heteroatoms. The highest BCUT2D eigenvalue weighted by Crippen LogP contribution is 2.36. The Labute approximate surface area is 189 Å². The molecule has 2 aliphatic heterocycles. The SMILES string of the molecule is CC(C)(C)[N+]1(C(=O)[O-])CC[C@H](N(Cc2ccc(Cl)cc2Cl)C2CCS(=O)(=O)CC2)C1. The van der Waals surface area contributed by atoms with Crippen molar-refractivity contribution >= 4 is 39.1 Å². The van der Waals surface area contributed by atoms with E-state index in [9.17, 15) is 18.3 Å². The highest BCUT2D eigenvalue weighted by molar-refractivity contribution is 7.91. The van der Waals surface area contributed by atoms with Crippen LogP contribution in [-0.4, -0.2) is 66.1 Å². The van der Waals surface area contributed by atoms with Gasteiger partial charge in [-0.15, -0.1) is 0 Å². The minimum atomic E-state index is -3.00. The third kappa shape index (κ3) is 4.80. The summed E-state index contributed by atoms with van der Waals surface area (Å²) >= 11 is 12.5. The molecule has 0 aliphatic carbocycles. The van der Waals surface area contributed by atoms with Crippen molar-refractivity contribution < 1.29 is 22.8 Å². The van der Waals surface area contributed by atoms with Gasteiger partial charge in [0.2, 0.25) is 0 Å². The molecular formula is C21H30Cl2N2O4S. The smallest absolute Gasteiger partial charge is 0.257 e. The zero-order valence-corrected chi connectivity index (χ0v) is 20.1.